The van der Waals surface area contributed by atoms with Crippen LogP contribution in [0.4, 0.5) is 0 Å². The molecule has 0 atom stereocenters. The van der Waals surface area contributed by atoms with Gasteiger partial charge in [-0.15, -0.1) is 6.58 Å². The molecule has 80 valence electrons. The van der Waals surface area contributed by atoms with Crippen LogP contribution < -0.4 is 0 Å². The molecule has 0 aliphatic carbocycles. The maximum atomic E-state index is 5.68. The van der Waals surface area contributed by atoms with Crippen LogP contribution in [0.15, 0.2) is 49.3 Å². The van der Waals surface area contributed by atoms with E-state index in [9.17, 15) is 0 Å². The van der Waals surface area contributed by atoms with E-state index in [1.807, 2.05) is 18.2 Å². The molecular formula is C13H11ClN2. The number of halogens is 1. The highest BCUT2D eigenvalue weighted by molar-refractivity contribution is 6.29. The van der Waals surface area contributed by atoms with Crippen molar-refractivity contribution in [3.63, 3.8) is 0 Å². The van der Waals surface area contributed by atoms with Crippen LogP contribution in [0.25, 0.3) is 11.3 Å². The van der Waals surface area contributed by atoms with Crippen LogP contribution in [-0.2, 0) is 6.42 Å². The largest absolute Gasteiger partial charge is 0.251 e. The van der Waals surface area contributed by atoms with E-state index in [4.69, 9.17) is 11.6 Å². The lowest BCUT2D eigenvalue weighted by atomic mass is 10.1. The second kappa shape index (κ2) is 4.90. The van der Waals surface area contributed by atoms with Gasteiger partial charge in [-0.25, -0.2) is 4.98 Å². The van der Waals surface area contributed by atoms with E-state index < -0.39 is 0 Å². The molecule has 3 heteroatoms. The fourth-order valence-corrected chi connectivity index (χ4v) is 1.54. The highest BCUT2D eigenvalue weighted by Gasteiger charge is 1.99. The predicted octanol–water partition coefficient (Wildman–Crippen LogP) is 3.53. The monoisotopic (exact) mass is 230 g/mol. The molecule has 1 heterocycles. The summed E-state index contributed by atoms with van der Waals surface area (Å²) < 4.78 is 0. The molecule has 0 N–H and O–H groups in total. The lowest BCUT2D eigenvalue weighted by molar-refractivity contribution is 1.20. The third-order valence-corrected chi connectivity index (χ3v) is 2.45. The van der Waals surface area contributed by atoms with Crippen LogP contribution in [0.3, 0.4) is 0 Å². The lowest BCUT2D eigenvalue weighted by Crippen LogP contribution is -1.86. The normalized spacial score (nSPS) is 10.1. The van der Waals surface area contributed by atoms with Gasteiger partial charge in [0.25, 0.3) is 0 Å². The Hall–Kier alpha value is -1.67. The minimum absolute atomic E-state index is 0.409. The summed E-state index contributed by atoms with van der Waals surface area (Å²) in [5.74, 6) is 0. The summed E-state index contributed by atoms with van der Waals surface area (Å²) in [7, 11) is 0. The average molecular weight is 231 g/mol. The first-order valence-corrected chi connectivity index (χ1v) is 5.35. The zero-order valence-electron chi connectivity index (χ0n) is 8.73. The first-order valence-electron chi connectivity index (χ1n) is 4.97. The molecule has 0 unspecified atom stereocenters. The number of hydrogen-bond donors (Lipinski definition) is 0. The van der Waals surface area contributed by atoms with Crippen LogP contribution >= 0.6 is 11.6 Å². The number of benzene rings is 1. The number of rotatable bonds is 3. The van der Waals surface area contributed by atoms with Crippen molar-refractivity contribution in [1.82, 2.24) is 9.97 Å². The lowest BCUT2D eigenvalue weighted by Gasteiger charge is -2.01. The van der Waals surface area contributed by atoms with Crippen molar-refractivity contribution in [2.24, 2.45) is 0 Å². The van der Waals surface area contributed by atoms with Crippen molar-refractivity contribution >= 4 is 11.6 Å². The number of hydrogen-bond acceptors (Lipinski definition) is 2. The topological polar surface area (TPSA) is 25.8 Å². The molecule has 0 aliphatic rings. The van der Waals surface area contributed by atoms with E-state index in [1.54, 1.807) is 12.4 Å². The van der Waals surface area contributed by atoms with E-state index in [-0.39, 0.29) is 0 Å². The Balaban J connectivity index is 2.27. The van der Waals surface area contributed by atoms with Gasteiger partial charge in [-0.1, -0.05) is 41.9 Å². The van der Waals surface area contributed by atoms with E-state index in [0.29, 0.717) is 5.15 Å². The third kappa shape index (κ3) is 2.47. The van der Waals surface area contributed by atoms with Gasteiger partial charge in [-0.2, -0.15) is 0 Å². The zero-order valence-corrected chi connectivity index (χ0v) is 9.48. The van der Waals surface area contributed by atoms with Gasteiger partial charge < -0.3 is 0 Å². The summed E-state index contributed by atoms with van der Waals surface area (Å²) in [5.41, 5.74) is 3.10. The molecule has 1 aromatic heterocycles. The fraction of sp³-hybridized carbons (Fsp3) is 0.0769. The van der Waals surface area contributed by atoms with E-state index >= 15 is 0 Å². The summed E-state index contributed by atoms with van der Waals surface area (Å²) in [6.45, 7) is 3.71. The Morgan fingerprint density at radius 3 is 2.44 bits per heavy atom. The molecule has 0 amide bonds. The van der Waals surface area contributed by atoms with E-state index in [2.05, 4.69) is 28.7 Å². The Morgan fingerprint density at radius 2 is 1.88 bits per heavy atom. The Bertz CT molecular complexity index is 474. The summed E-state index contributed by atoms with van der Waals surface area (Å²) in [6, 6.07) is 8.17. The predicted molar refractivity (Wildman–Crippen MR) is 66.4 cm³/mol. The molecule has 0 bridgehead atoms. The van der Waals surface area contributed by atoms with Gasteiger partial charge in [0.1, 0.15) is 5.15 Å². The summed E-state index contributed by atoms with van der Waals surface area (Å²) in [5, 5.41) is 0.409. The first kappa shape index (κ1) is 10.8. The van der Waals surface area contributed by atoms with Gasteiger partial charge in [0.05, 0.1) is 18.1 Å². The van der Waals surface area contributed by atoms with Gasteiger partial charge in [0.15, 0.2) is 0 Å². The van der Waals surface area contributed by atoms with Crippen molar-refractivity contribution in [1.29, 1.82) is 0 Å². The molecule has 2 rings (SSSR count). The van der Waals surface area contributed by atoms with E-state index in [1.165, 1.54) is 5.56 Å². The van der Waals surface area contributed by atoms with Gasteiger partial charge in [-0.3, -0.25) is 4.98 Å². The van der Waals surface area contributed by atoms with Crippen LogP contribution in [-0.4, -0.2) is 9.97 Å². The zero-order chi connectivity index (χ0) is 11.4. The molecule has 0 spiro atoms. The van der Waals surface area contributed by atoms with Crippen molar-refractivity contribution in [2.45, 2.75) is 6.42 Å². The van der Waals surface area contributed by atoms with Crippen molar-refractivity contribution in [3.05, 3.63) is 60.0 Å². The van der Waals surface area contributed by atoms with Crippen molar-refractivity contribution in [3.8, 4) is 11.3 Å². The SMILES string of the molecule is C=CCc1ccc(-c2cnc(Cl)cn2)cc1. The maximum Gasteiger partial charge on any atom is 0.147 e. The Kier molecular flexibility index (Phi) is 3.32. The fourth-order valence-electron chi connectivity index (χ4n) is 1.44. The molecule has 2 aromatic rings. The first-order chi connectivity index (χ1) is 7.79. The summed E-state index contributed by atoms with van der Waals surface area (Å²) in [4.78, 5) is 8.21. The van der Waals surface area contributed by atoms with Crippen molar-refractivity contribution < 1.29 is 0 Å². The highest BCUT2D eigenvalue weighted by Crippen LogP contribution is 2.17. The van der Waals surface area contributed by atoms with Crippen LogP contribution in [0, 0.1) is 0 Å². The number of aromatic nitrogens is 2. The molecule has 2 nitrogen and oxygen atoms in total. The molecule has 0 aliphatic heterocycles. The molecule has 0 fully saturated rings. The maximum absolute atomic E-state index is 5.68. The van der Waals surface area contributed by atoms with Gasteiger partial charge in [0, 0.05) is 5.56 Å². The minimum atomic E-state index is 0.409. The smallest absolute Gasteiger partial charge is 0.147 e. The summed E-state index contributed by atoms with van der Waals surface area (Å²) >= 11 is 5.68. The molecule has 0 radical (unpaired) electrons. The molecule has 16 heavy (non-hydrogen) atoms. The van der Waals surface area contributed by atoms with Crippen LogP contribution in [0.2, 0.25) is 5.15 Å². The molecule has 0 saturated heterocycles. The Morgan fingerprint density at radius 1 is 1.12 bits per heavy atom. The third-order valence-electron chi connectivity index (χ3n) is 2.25. The minimum Gasteiger partial charge on any atom is -0.251 e. The highest BCUT2D eigenvalue weighted by atomic mass is 35.5. The van der Waals surface area contributed by atoms with E-state index in [0.717, 1.165) is 17.7 Å². The van der Waals surface area contributed by atoms with Crippen LogP contribution in [0.1, 0.15) is 5.56 Å². The second-order valence-electron chi connectivity index (χ2n) is 3.41. The molecule has 1 aromatic carbocycles. The average Bonchev–Trinajstić information content (AvgIpc) is 2.32. The van der Waals surface area contributed by atoms with Crippen molar-refractivity contribution in [2.75, 3.05) is 0 Å². The number of nitrogens with zero attached hydrogens (tertiary/aromatic N) is 2. The standard InChI is InChI=1S/C13H11ClN2/c1-2-3-10-4-6-11(7-5-10)12-8-16-13(14)9-15-12/h2,4-9H,1,3H2. The summed E-state index contributed by atoms with van der Waals surface area (Å²) in [6.07, 6.45) is 5.99. The molecule has 0 saturated carbocycles. The quantitative estimate of drug-likeness (QED) is 0.754. The molecular weight excluding hydrogens is 220 g/mol. The van der Waals surface area contributed by atoms with Crippen LogP contribution in [0.5, 0.6) is 0 Å². The second-order valence-corrected chi connectivity index (χ2v) is 3.80. The van der Waals surface area contributed by atoms with Gasteiger partial charge in [0.2, 0.25) is 0 Å². The van der Waals surface area contributed by atoms with Gasteiger partial charge in [-0.05, 0) is 12.0 Å². The number of allylic oxidation sites excluding steroid dienone is 1. The van der Waals surface area contributed by atoms with Gasteiger partial charge >= 0.3 is 0 Å². The Labute approximate surface area is 99.6 Å².